The topological polar surface area (TPSA) is 73.7 Å². The van der Waals surface area contributed by atoms with Gasteiger partial charge < -0.3 is 18.3 Å². The molecule has 5 aromatic rings. The second-order valence-corrected chi connectivity index (χ2v) is 10.7. The Morgan fingerprint density at radius 2 is 1.64 bits per heavy atom. The standard InChI is InChI=1S/C32H34N4O3/c1-21-11-12-22(2)35(21)24-13-15-25(16-14-24)38-20-26-17-18-30(39-26)31(37)34-33-19-28-23(3)36(32(4,5)6)29-10-8-7-9-27(28)29/h7-19H,20H2,1-6H3,(H,34,37)/b33-19+. The van der Waals surface area contributed by atoms with Crippen molar-refractivity contribution < 1.29 is 13.9 Å². The van der Waals surface area contributed by atoms with Crippen LogP contribution in [-0.4, -0.2) is 21.3 Å². The molecular weight excluding hydrogens is 488 g/mol. The summed E-state index contributed by atoms with van der Waals surface area (Å²) in [5.74, 6) is 1.03. The molecule has 0 fully saturated rings. The molecule has 0 aliphatic heterocycles. The molecule has 0 radical (unpaired) electrons. The molecule has 0 spiro atoms. The van der Waals surface area contributed by atoms with Crippen molar-refractivity contribution in [2.45, 2.75) is 53.7 Å². The van der Waals surface area contributed by atoms with Crippen molar-refractivity contribution in [2.24, 2.45) is 5.10 Å². The quantitative estimate of drug-likeness (QED) is 0.184. The summed E-state index contributed by atoms with van der Waals surface area (Å²) in [7, 11) is 0. The number of aromatic nitrogens is 2. The SMILES string of the molecule is Cc1ccc(C)n1-c1ccc(OCc2ccc(C(=O)N/N=C/c3c(C)n(C(C)(C)C)c4ccccc34)o2)cc1. The number of amides is 1. The second-order valence-electron chi connectivity index (χ2n) is 10.7. The van der Waals surface area contributed by atoms with Gasteiger partial charge in [0.25, 0.3) is 0 Å². The predicted molar refractivity (Wildman–Crippen MR) is 155 cm³/mol. The average molecular weight is 523 g/mol. The van der Waals surface area contributed by atoms with Gasteiger partial charge in [0.15, 0.2) is 5.76 Å². The Kier molecular flexibility index (Phi) is 6.91. The van der Waals surface area contributed by atoms with E-state index in [4.69, 9.17) is 9.15 Å². The van der Waals surface area contributed by atoms with Crippen molar-refractivity contribution in [3.05, 3.63) is 107 Å². The number of furan rings is 1. The Labute approximate surface area is 228 Å². The van der Waals surface area contributed by atoms with E-state index in [-0.39, 0.29) is 17.9 Å². The van der Waals surface area contributed by atoms with E-state index in [1.165, 1.54) is 11.4 Å². The van der Waals surface area contributed by atoms with Gasteiger partial charge in [-0.1, -0.05) is 18.2 Å². The van der Waals surface area contributed by atoms with Gasteiger partial charge in [0.05, 0.1) is 6.21 Å². The lowest BCUT2D eigenvalue weighted by atomic mass is 10.1. The zero-order valence-corrected chi connectivity index (χ0v) is 23.3. The van der Waals surface area contributed by atoms with E-state index >= 15 is 0 Å². The number of hydrogen-bond donors (Lipinski definition) is 1. The van der Waals surface area contributed by atoms with Crippen LogP contribution in [0.3, 0.4) is 0 Å². The molecule has 5 rings (SSSR count). The van der Waals surface area contributed by atoms with Crippen LogP contribution in [0.15, 0.2) is 82.3 Å². The van der Waals surface area contributed by atoms with E-state index in [0.717, 1.165) is 33.6 Å². The van der Waals surface area contributed by atoms with Gasteiger partial charge in [-0.2, -0.15) is 5.10 Å². The number of hydrazone groups is 1. The molecule has 39 heavy (non-hydrogen) atoms. The van der Waals surface area contributed by atoms with E-state index in [0.29, 0.717) is 5.76 Å². The number of rotatable bonds is 7. The first-order chi connectivity index (χ1) is 18.6. The van der Waals surface area contributed by atoms with Crippen LogP contribution in [0.25, 0.3) is 16.6 Å². The summed E-state index contributed by atoms with van der Waals surface area (Å²) in [5.41, 5.74) is 9.14. The van der Waals surface area contributed by atoms with Crippen molar-refractivity contribution >= 4 is 23.0 Å². The Morgan fingerprint density at radius 3 is 2.33 bits per heavy atom. The van der Waals surface area contributed by atoms with Crippen LogP contribution in [0, 0.1) is 20.8 Å². The maximum absolute atomic E-state index is 12.7. The number of aryl methyl sites for hydroxylation is 2. The molecule has 7 heteroatoms. The Balaban J connectivity index is 1.22. The molecule has 0 unspecified atom stereocenters. The lowest BCUT2D eigenvalue weighted by Gasteiger charge is -2.25. The van der Waals surface area contributed by atoms with E-state index in [9.17, 15) is 4.79 Å². The van der Waals surface area contributed by atoms with E-state index in [1.807, 2.05) is 36.4 Å². The van der Waals surface area contributed by atoms with Crippen molar-refractivity contribution in [1.82, 2.24) is 14.6 Å². The minimum absolute atomic E-state index is 0.0889. The highest BCUT2D eigenvalue weighted by molar-refractivity contribution is 6.02. The number of para-hydroxylation sites is 1. The molecule has 0 saturated heterocycles. The van der Waals surface area contributed by atoms with Crippen LogP contribution in [0.1, 0.15) is 59.7 Å². The summed E-state index contributed by atoms with van der Waals surface area (Å²) >= 11 is 0. The van der Waals surface area contributed by atoms with Crippen LogP contribution in [0.4, 0.5) is 0 Å². The Hall–Kier alpha value is -4.52. The average Bonchev–Trinajstić information content (AvgIpc) is 3.59. The summed E-state index contributed by atoms with van der Waals surface area (Å²) in [4.78, 5) is 12.7. The molecule has 7 nitrogen and oxygen atoms in total. The molecule has 0 aliphatic rings. The van der Waals surface area contributed by atoms with Gasteiger partial charge in [-0.3, -0.25) is 4.79 Å². The highest BCUT2D eigenvalue weighted by Crippen LogP contribution is 2.30. The van der Waals surface area contributed by atoms with E-state index < -0.39 is 5.91 Å². The van der Waals surface area contributed by atoms with Crippen LogP contribution >= 0.6 is 0 Å². The summed E-state index contributed by atoms with van der Waals surface area (Å²) in [5, 5.41) is 5.33. The fourth-order valence-corrected chi connectivity index (χ4v) is 5.13. The predicted octanol–water partition coefficient (Wildman–Crippen LogP) is 7.05. The van der Waals surface area contributed by atoms with Gasteiger partial charge in [0, 0.05) is 44.8 Å². The number of fused-ring (bicyclic) bond motifs is 1. The summed E-state index contributed by atoms with van der Waals surface area (Å²) in [6.45, 7) is 13.0. The number of carbonyl (C=O) groups excluding carboxylic acids is 1. The van der Waals surface area contributed by atoms with Gasteiger partial charge in [0.1, 0.15) is 18.1 Å². The largest absolute Gasteiger partial charge is 0.486 e. The summed E-state index contributed by atoms with van der Waals surface area (Å²) < 4.78 is 16.1. The monoisotopic (exact) mass is 522 g/mol. The van der Waals surface area contributed by atoms with Crippen LogP contribution in [0.2, 0.25) is 0 Å². The molecular formula is C32H34N4O3. The van der Waals surface area contributed by atoms with E-state index in [1.54, 1.807) is 18.3 Å². The Morgan fingerprint density at radius 1 is 0.949 bits per heavy atom. The molecule has 200 valence electrons. The van der Waals surface area contributed by atoms with Crippen molar-refractivity contribution in [2.75, 3.05) is 0 Å². The number of nitrogens with one attached hydrogen (secondary N) is 1. The maximum atomic E-state index is 12.7. The van der Waals surface area contributed by atoms with E-state index in [2.05, 4.69) is 85.5 Å². The molecule has 3 heterocycles. The lowest BCUT2D eigenvalue weighted by molar-refractivity contribution is 0.0923. The van der Waals surface area contributed by atoms with Crippen molar-refractivity contribution in [1.29, 1.82) is 0 Å². The highest BCUT2D eigenvalue weighted by Gasteiger charge is 2.21. The van der Waals surface area contributed by atoms with Crippen LogP contribution in [0.5, 0.6) is 5.75 Å². The minimum Gasteiger partial charge on any atom is -0.486 e. The zero-order chi connectivity index (χ0) is 27.7. The third-order valence-corrected chi connectivity index (χ3v) is 6.82. The van der Waals surface area contributed by atoms with Gasteiger partial charge in [-0.15, -0.1) is 0 Å². The fourth-order valence-electron chi connectivity index (χ4n) is 5.13. The molecule has 2 aromatic carbocycles. The van der Waals surface area contributed by atoms with Crippen LogP contribution in [-0.2, 0) is 12.1 Å². The highest BCUT2D eigenvalue weighted by atomic mass is 16.5. The lowest BCUT2D eigenvalue weighted by Crippen LogP contribution is -2.23. The number of benzene rings is 2. The maximum Gasteiger partial charge on any atom is 0.307 e. The molecule has 0 aliphatic carbocycles. The summed E-state index contributed by atoms with van der Waals surface area (Å²) in [6.07, 6.45) is 1.70. The summed E-state index contributed by atoms with van der Waals surface area (Å²) in [6, 6.07) is 23.7. The number of nitrogens with zero attached hydrogens (tertiary/aromatic N) is 3. The first-order valence-corrected chi connectivity index (χ1v) is 13.0. The molecule has 1 N–H and O–H groups in total. The van der Waals surface area contributed by atoms with Crippen LogP contribution < -0.4 is 10.2 Å². The molecule has 0 atom stereocenters. The fraction of sp³-hybridized carbons (Fsp3) is 0.250. The van der Waals surface area contributed by atoms with Gasteiger partial charge in [-0.05, 0) is 96.1 Å². The number of hydrogen-bond acceptors (Lipinski definition) is 4. The van der Waals surface area contributed by atoms with Crippen molar-refractivity contribution in [3.8, 4) is 11.4 Å². The minimum atomic E-state index is -0.420. The normalized spacial score (nSPS) is 11.9. The zero-order valence-electron chi connectivity index (χ0n) is 23.3. The van der Waals surface area contributed by atoms with Crippen molar-refractivity contribution in [3.63, 3.8) is 0 Å². The smallest absolute Gasteiger partial charge is 0.307 e. The molecule has 0 saturated carbocycles. The van der Waals surface area contributed by atoms with Gasteiger partial charge in [-0.25, -0.2) is 5.43 Å². The van der Waals surface area contributed by atoms with Gasteiger partial charge in [0.2, 0.25) is 0 Å². The molecule has 1 amide bonds. The molecule has 0 bridgehead atoms. The molecule has 3 aromatic heterocycles. The third kappa shape index (κ3) is 5.25. The Bertz CT molecular complexity index is 1640. The first kappa shape index (κ1) is 26.1. The third-order valence-electron chi connectivity index (χ3n) is 6.82. The first-order valence-electron chi connectivity index (χ1n) is 13.0. The van der Waals surface area contributed by atoms with Gasteiger partial charge >= 0.3 is 5.91 Å². The number of ether oxygens (including phenoxy) is 1. The second kappa shape index (κ2) is 10.3. The number of carbonyl (C=O) groups is 1.